The molecule has 11 aromatic rings. The molecule has 266 valence electrons. The Morgan fingerprint density at radius 1 is 0.228 bits per heavy atom. The van der Waals surface area contributed by atoms with Crippen molar-refractivity contribution in [2.24, 2.45) is 0 Å². The highest BCUT2D eigenvalue weighted by Gasteiger charge is 2.23. The van der Waals surface area contributed by atoms with Crippen LogP contribution >= 0.6 is 0 Å². The van der Waals surface area contributed by atoms with Crippen LogP contribution in [0.15, 0.2) is 224 Å². The largest absolute Gasteiger partial charge is 0.309 e. The predicted octanol–water partition coefficient (Wildman–Crippen LogP) is 15.9. The summed E-state index contributed by atoms with van der Waals surface area (Å²) in [7, 11) is 0. The minimum atomic E-state index is 1.10. The van der Waals surface area contributed by atoms with E-state index in [0.29, 0.717) is 0 Å². The SMILES string of the molecule is c1ccc(-c2ccc3cc(N(c4ccccc4-c4cc5ccccc5c5ccccc45)c4ccccc4-c4cc5ccccc5c5ccccc45)ccc3c2)cc1. The van der Waals surface area contributed by atoms with E-state index in [1.165, 1.54) is 87.2 Å². The van der Waals surface area contributed by atoms with Gasteiger partial charge >= 0.3 is 0 Å². The van der Waals surface area contributed by atoms with Crippen molar-refractivity contribution >= 4 is 70.9 Å². The van der Waals surface area contributed by atoms with Crippen molar-refractivity contribution in [2.45, 2.75) is 0 Å². The molecule has 0 unspecified atom stereocenters. The van der Waals surface area contributed by atoms with Crippen LogP contribution < -0.4 is 4.90 Å². The first-order valence-electron chi connectivity index (χ1n) is 19.7. The zero-order valence-corrected chi connectivity index (χ0v) is 31.3. The number of para-hydroxylation sites is 2. The van der Waals surface area contributed by atoms with E-state index < -0.39 is 0 Å². The number of rotatable bonds is 6. The summed E-state index contributed by atoms with van der Waals surface area (Å²) in [6, 6.07) is 82.2. The Morgan fingerprint density at radius 2 is 0.667 bits per heavy atom. The molecule has 0 N–H and O–H groups in total. The van der Waals surface area contributed by atoms with Gasteiger partial charge in [-0.25, -0.2) is 0 Å². The quantitative estimate of drug-likeness (QED) is 0.154. The summed E-state index contributed by atoms with van der Waals surface area (Å²) in [4.78, 5) is 2.49. The van der Waals surface area contributed by atoms with E-state index >= 15 is 0 Å². The molecule has 1 nitrogen and oxygen atoms in total. The normalized spacial score (nSPS) is 11.5. The van der Waals surface area contributed by atoms with Gasteiger partial charge < -0.3 is 4.90 Å². The van der Waals surface area contributed by atoms with Crippen molar-refractivity contribution < 1.29 is 0 Å². The number of hydrogen-bond acceptors (Lipinski definition) is 1. The summed E-state index contributed by atoms with van der Waals surface area (Å²) < 4.78 is 0. The van der Waals surface area contributed by atoms with Crippen LogP contribution in [0.2, 0.25) is 0 Å². The van der Waals surface area contributed by atoms with Gasteiger partial charge in [-0.2, -0.15) is 0 Å². The van der Waals surface area contributed by atoms with Crippen LogP contribution in [0.25, 0.3) is 87.2 Å². The highest BCUT2D eigenvalue weighted by atomic mass is 15.1. The second-order valence-electron chi connectivity index (χ2n) is 14.9. The van der Waals surface area contributed by atoms with Gasteiger partial charge in [-0.3, -0.25) is 0 Å². The van der Waals surface area contributed by atoms with Crippen molar-refractivity contribution in [1.29, 1.82) is 0 Å². The number of nitrogens with zero attached hydrogens (tertiary/aromatic N) is 1. The van der Waals surface area contributed by atoms with E-state index in [-0.39, 0.29) is 0 Å². The zero-order valence-electron chi connectivity index (χ0n) is 31.3. The minimum Gasteiger partial charge on any atom is -0.309 e. The summed E-state index contributed by atoms with van der Waals surface area (Å²) in [6.07, 6.45) is 0. The van der Waals surface area contributed by atoms with Crippen LogP contribution in [-0.4, -0.2) is 0 Å². The molecule has 11 aromatic carbocycles. The van der Waals surface area contributed by atoms with Crippen LogP contribution in [0.1, 0.15) is 0 Å². The second kappa shape index (κ2) is 13.7. The van der Waals surface area contributed by atoms with Gasteiger partial charge in [-0.15, -0.1) is 0 Å². The molecule has 0 atom stereocenters. The molecule has 0 saturated heterocycles. The maximum absolute atomic E-state index is 2.49. The lowest BCUT2D eigenvalue weighted by atomic mass is 9.90. The van der Waals surface area contributed by atoms with Gasteiger partial charge in [-0.05, 0) is 119 Å². The van der Waals surface area contributed by atoms with E-state index in [1.807, 2.05) is 0 Å². The third kappa shape index (κ3) is 5.63. The third-order valence-electron chi connectivity index (χ3n) is 11.6. The molecule has 1 heteroatoms. The maximum Gasteiger partial charge on any atom is 0.0540 e. The van der Waals surface area contributed by atoms with Crippen molar-refractivity contribution in [3.05, 3.63) is 224 Å². The molecule has 0 aliphatic carbocycles. The zero-order chi connectivity index (χ0) is 37.7. The van der Waals surface area contributed by atoms with E-state index in [9.17, 15) is 0 Å². The van der Waals surface area contributed by atoms with Gasteiger partial charge in [0.2, 0.25) is 0 Å². The Kier molecular flexibility index (Phi) is 7.89. The first kappa shape index (κ1) is 32.9. The summed E-state index contributed by atoms with van der Waals surface area (Å²) >= 11 is 0. The fraction of sp³-hybridized carbons (Fsp3) is 0. The second-order valence-corrected chi connectivity index (χ2v) is 14.9. The molecule has 0 heterocycles. The van der Waals surface area contributed by atoms with E-state index in [0.717, 1.165) is 17.1 Å². The van der Waals surface area contributed by atoms with Gasteiger partial charge in [0.1, 0.15) is 0 Å². The lowest BCUT2D eigenvalue weighted by Gasteiger charge is -2.31. The Labute approximate surface area is 332 Å². The highest BCUT2D eigenvalue weighted by molar-refractivity contribution is 6.17. The lowest BCUT2D eigenvalue weighted by Crippen LogP contribution is -2.12. The predicted molar refractivity (Wildman–Crippen MR) is 245 cm³/mol. The molecule has 0 amide bonds. The fourth-order valence-corrected chi connectivity index (χ4v) is 8.94. The molecule has 11 rings (SSSR count). The van der Waals surface area contributed by atoms with Gasteiger partial charge in [0, 0.05) is 16.8 Å². The molecule has 0 aliphatic rings. The number of fused-ring (bicyclic) bond motifs is 7. The number of hydrogen-bond donors (Lipinski definition) is 0. The molecule has 0 aliphatic heterocycles. The molecule has 0 spiro atoms. The Balaban J connectivity index is 1.19. The van der Waals surface area contributed by atoms with Gasteiger partial charge in [0.05, 0.1) is 11.4 Å². The number of benzene rings is 11. The van der Waals surface area contributed by atoms with Crippen LogP contribution in [0.4, 0.5) is 17.1 Å². The van der Waals surface area contributed by atoms with Crippen molar-refractivity contribution in [1.82, 2.24) is 0 Å². The molecule has 0 fully saturated rings. The molecule has 57 heavy (non-hydrogen) atoms. The van der Waals surface area contributed by atoms with E-state index in [1.54, 1.807) is 0 Å². The summed E-state index contributed by atoms with van der Waals surface area (Å²) in [6.45, 7) is 0. The molecular weight excluding hydrogens is 687 g/mol. The molecule has 0 bridgehead atoms. The van der Waals surface area contributed by atoms with E-state index in [4.69, 9.17) is 0 Å². The average molecular weight is 724 g/mol. The standard InChI is InChI=1S/C56H37N/c1-2-16-38(17-3-1)39-30-31-41-35-44(33-32-40(41)34-39)57(55-28-14-12-26-51(55)53-36-42-18-4-6-20-45(42)47-22-8-10-24-49(47)53)56-29-15-13-27-52(56)54-37-43-19-5-7-21-46(43)48-23-9-11-25-50(48)54/h1-37H. The molecular formula is C56H37N. The van der Waals surface area contributed by atoms with E-state index in [2.05, 4.69) is 229 Å². The Bertz CT molecular complexity index is 3140. The lowest BCUT2D eigenvalue weighted by molar-refractivity contribution is 1.29. The minimum absolute atomic E-state index is 1.10. The number of anilines is 3. The van der Waals surface area contributed by atoms with Crippen LogP contribution in [0, 0.1) is 0 Å². The van der Waals surface area contributed by atoms with Crippen molar-refractivity contribution in [3.63, 3.8) is 0 Å². The summed E-state index contributed by atoms with van der Waals surface area (Å²) in [5.41, 5.74) is 10.6. The smallest absolute Gasteiger partial charge is 0.0540 e. The molecule has 0 saturated carbocycles. The van der Waals surface area contributed by atoms with Crippen LogP contribution in [0.3, 0.4) is 0 Å². The van der Waals surface area contributed by atoms with Crippen LogP contribution in [-0.2, 0) is 0 Å². The Hall–Kier alpha value is -7.48. The van der Waals surface area contributed by atoms with Crippen molar-refractivity contribution in [2.75, 3.05) is 4.90 Å². The highest BCUT2D eigenvalue weighted by Crippen LogP contribution is 2.48. The summed E-state index contributed by atoms with van der Waals surface area (Å²) in [5.74, 6) is 0. The fourth-order valence-electron chi connectivity index (χ4n) is 8.94. The summed E-state index contributed by atoms with van der Waals surface area (Å²) in [5, 5.41) is 12.4. The average Bonchev–Trinajstić information content (AvgIpc) is 3.29. The van der Waals surface area contributed by atoms with Gasteiger partial charge in [0.25, 0.3) is 0 Å². The van der Waals surface area contributed by atoms with Gasteiger partial charge in [0.15, 0.2) is 0 Å². The molecule has 0 radical (unpaired) electrons. The monoisotopic (exact) mass is 723 g/mol. The topological polar surface area (TPSA) is 3.24 Å². The van der Waals surface area contributed by atoms with Crippen molar-refractivity contribution in [3.8, 4) is 33.4 Å². The first-order chi connectivity index (χ1) is 28.3. The molecule has 0 aromatic heterocycles. The Morgan fingerprint density at radius 3 is 1.25 bits per heavy atom. The maximum atomic E-state index is 2.49. The first-order valence-corrected chi connectivity index (χ1v) is 19.7. The van der Waals surface area contributed by atoms with Crippen LogP contribution in [0.5, 0.6) is 0 Å². The third-order valence-corrected chi connectivity index (χ3v) is 11.6. The van der Waals surface area contributed by atoms with Gasteiger partial charge in [-0.1, -0.05) is 182 Å².